The first kappa shape index (κ1) is 12.3. The summed E-state index contributed by atoms with van der Waals surface area (Å²) in [6.07, 6.45) is 2.65. The van der Waals surface area contributed by atoms with Crippen molar-refractivity contribution in [2.45, 2.75) is 38.5 Å². The molecule has 0 bridgehead atoms. The van der Waals surface area contributed by atoms with Crippen LogP contribution in [0.2, 0.25) is 0 Å². The van der Waals surface area contributed by atoms with E-state index in [2.05, 4.69) is 13.8 Å². The zero-order chi connectivity index (χ0) is 10.8. The first-order valence-corrected chi connectivity index (χ1v) is 7.49. The number of halogens is 1. The lowest BCUT2D eigenvalue weighted by molar-refractivity contribution is 0.469. The van der Waals surface area contributed by atoms with Gasteiger partial charge in [0.05, 0.1) is 11.5 Å². The van der Waals surface area contributed by atoms with Gasteiger partial charge < -0.3 is 0 Å². The Labute approximate surface area is 91.9 Å². The van der Waals surface area contributed by atoms with E-state index in [1.807, 2.05) is 0 Å². The van der Waals surface area contributed by atoms with E-state index >= 15 is 0 Å². The van der Waals surface area contributed by atoms with Crippen LogP contribution in [0.5, 0.6) is 0 Å². The van der Waals surface area contributed by atoms with E-state index in [1.54, 1.807) is 0 Å². The van der Waals surface area contributed by atoms with Crippen molar-refractivity contribution < 1.29 is 8.42 Å². The minimum absolute atomic E-state index is 0.147. The molecule has 1 saturated heterocycles. The van der Waals surface area contributed by atoms with Crippen molar-refractivity contribution >= 4 is 21.4 Å². The van der Waals surface area contributed by atoms with Crippen LogP contribution in [0.25, 0.3) is 0 Å². The van der Waals surface area contributed by atoms with Crippen LogP contribution >= 0.6 is 11.6 Å². The number of rotatable bonds is 4. The van der Waals surface area contributed by atoms with Crippen molar-refractivity contribution in [2.75, 3.05) is 11.5 Å². The minimum atomic E-state index is -2.73. The number of hydrogen-bond acceptors (Lipinski definition) is 2. The van der Waals surface area contributed by atoms with Crippen molar-refractivity contribution in [1.82, 2.24) is 0 Å². The van der Waals surface area contributed by atoms with Crippen LogP contribution in [0.15, 0.2) is 0 Å². The molecular formula is C10H19ClO2S. The third-order valence-corrected chi connectivity index (χ3v) is 4.84. The molecule has 2 atom stereocenters. The van der Waals surface area contributed by atoms with Crippen LogP contribution in [-0.4, -0.2) is 25.3 Å². The van der Waals surface area contributed by atoms with Crippen molar-refractivity contribution in [3.8, 4) is 0 Å². The van der Waals surface area contributed by atoms with E-state index in [0.717, 1.165) is 19.3 Å². The maximum atomic E-state index is 11.2. The lowest BCUT2D eigenvalue weighted by Gasteiger charge is -2.15. The lowest BCUT2D eigenvalue weighted by Crippen LogP contribution is -2.12. The molecule has 0 aromatic heterocycles. The number of sulfone groups is 1. The Kier molecular flexibility index (Phi) is 4.26. The molecule has 0 saturated carbocycles. The molecule has 0 aromatic rings. The molecule has 1 rings (SSSR count). The van der Waals surface area contributed by atoms with Crippen LogP contribution < -0.4 is 0 Å². The Hall–Kier alpha value is 0.240. The molecule has 0 spiro atoms. The smallest absolute Gasteiger partial charge is 0.150 e. The van der Waals surface area contributed by atoms with Crippen molar-refractivity contribution in [1.29, 1.82) is 0 Å². The number of alkyl halides is 1. The second-order valence-corrected chi connectivity index (χ2v) is 7.58. The molecule has 1 aliphatic heterocycles. The van der Waals surface area contributed by atoms with Crippen LogP contribution in [-0.2, 0) is 9.84 Å². The summed E-state index contributed by atoms with van der Waals surface area (Å²) < 4.78 is 22.4. The van der Waals surface area contributed by atoms with Crippen molar-refractivity contribution in [3.63, 3.8) is 0 Å². The average molecular weight is 239 g/mol. The molecule has 1 fully saturated rings. The Morgan fingerprint density at radius 1 is 1.43 bits per heavy atom. The van der Waals surface area contributed by atoms with E-state index in [9.17, 15) is 8.42 Å². The summed E-state index contributed by atoms with van der Waals surface area (Å²) in [7, 11) is -2.73. The van der Waals surface area contributed by atoms with Gasteiger partial charge in [-0.2, -0.15) is 0 Å². The van der Waals surface area contributed by atoms with Gasteiger partial charge in [-0.3, -0.25) is 0 Å². The highest BCUT2D eigenvalue weighted by atomic mass is 35.5. The summed E-state index contributed by atoms with van der Waals surface area (Å²) in [5.41, 5.74) is 0. The SMILES string of the molecule is CC(C)CC(Cl)CC1CCS(=O)(=O)C1. The second kappa shape index (κ2) is 4.84. The summed E-state index contributed by atoms with van der Waals surface area (Å²) in [6, 6.07) is 0. The zero-order valence-electron chi connectivity index (χ0n) is 8.87. The minimum Gasteiger partial charge on any atom is -0.229 e. The predicted octanol–water partition coefficient (Wildman–Crippen LogP) is 2.46. The summed E-state index contributed by atoms with van der Waals surface area (Å²) >= 11 is 6.15. The molecule has 0 aromatic carbocycles. The topological polar surface area (TPSA) is 34.1 Å². The van der Waals surface area contributed by atoms with Gasteiger partial charge in [0.2, 0.25) is 0 Å². The van der Waals surface area contributed by atoms with E-state index in [1.165, 1.54) is 0 Å². The summed E-state index contributed by atoms with van der Waals surface area (Å²) in [6.45, 7) is 4.28. The van der Waals surface area contributed by atoms with E-state index in [-0.39, 0.29) is 5.38 Å². The Morgan fingerprint density at radius 2 is 2.07 bits per heavy atom. The maximum Gasteiger partial charge on any atom is 0.150 e. The van der Waals surface area contributed by atoms with Crippen LogP contribution in [0, 0.1) is 11.8 Å². The molecule has 2 nitrogen and oxygen atoms in total. The molecule has 0 radical (unpaired) electrons. The zero-order valence-corrected chi connectivity index (χ0v) is 10.4. The molecule has 14 heavy (non-hydrogen) atoms. The first-order valence-electron chi connectivity index (χ1n) is 5.23. The molecule has 0 N–H and O–H groups in total. The average Bonchev–Trinajstić information content (AvgIpc) is 2.27. The van der Waals surface area contributed by atoms with Crippen molar-refractivity contribution in [2.24, 2.45) is 11.8 Å². The van der Waals surface area contributed by atoms with E-state index in [0.29, 0.717) is 23.3 Å². The highest BCUT2D eigenvalue weighted by Gasteiger charge is 2.29. The third kappa shape index (κ3) is 4.18. The summed E-state index contributed by atoms with van der Waals surface area (Å²) in [5.74, 6) is 1.62. The molecule has 1 heterocycles. The second-order valence-electron chi connectivity index (χ2n) is 4.73. The van der Waals surface area contributed by atoms with Gasteiger partial charge in [0.15, 0.2) is 9.84 Å². The molecule has 0 aliphatic carbocycles. The molecule has 4 heteroatoms. The first-order chi connectivity index (χ1) is 6.39. The summed E-state index contributed by atoms with van der Waals surface area (Å²) in [5, 5.41) is 0.147. The number of hydrogen-bond donors (Lipinski definition) is 0. The van der Waals surface area contributed by atoms with Crippen LogP contribution in [0.3, 0.4) is 0 Å². The van der Waals surface area contributed by atoms with Gasteiger partial charge in [-0.1, -0.05) is 13.8 Å². The normalized spacial score (nSPS) is 28.1. The third-order valence-electron chi connectivity index (χ3n) is 2.64. The highest BCUT2D eigenvalue weighted by molar-refractivity contribution is 7.91. The maximum absolute atomic E-state index is 11.2. The van der Waals surface area contributed by atoms with Crippen LogP contribution in [0.1, 0.15) is 33.1 Å². The van der Waals surface area contributed by atoms with E-state index < -0.39 is 9.84 Å². The van der Waals surface area contributed by atoms with Gasteiger partial charge in [0, 0.05) is 5.38 Å². The molecular weight excluding hydrogens is 220 g/mol. The molecule has 84 valence electrons. The van der Waals surface area contributed by atoms with Gasteiger partial charge in [0.25, 0.3) is 0 Å². The summed E-state index contributed by atoms with van der Waals surface area (Å²) in [4.78, 5) is 0. The van der Waals surface area contributed by atoms with Gasteiger partial charge in [-0.05, 0) is 31.1 Å². The predicted molar refractivity (Wildman–Crippen MR) is 60.5 cm³/mol. The Bertz CT molecular complexity index is 272. The van der Waals surface area contributed by atoms with Crippen molar-refractivity contribution in [3.05, 3.63) is 0 Å². The monoisotopic (exact) mass is 238 g/mol. The van der Waals surface area contributed by atoms with E-state index in [4.69, 9.17) is 11.6 Å². The Morgan fingerprint density at radius 3 is 2.50 bits per heavy atom. The standard InChI is InChI=1S/C10H19ClO2S/c1-8(2)5-10(11)6-9-3-4-14(12,13)7-9/h8-10H,3-7H2,1-2H3. The Balaban J connectivity index is 2.32. The lowest BCUT2D eigenvalue weighted by atomic mass is 9.97. The van der Waals surface area contributed by atoms with Gasteiger partial charge in [-0.25, -0.2) is 8.42 Å². The van der Waals surface area contributed by atoms with Gasteiger partial charge >= 0.3 is 0 Å². The molecule has 0 amide bonds. The largest absolute Gasteiger partial charge is 0.229 e. The fourth-order valence-electron chi connectivity index (χ4n) is 2.03. The molecule has 1 aliphatic rings. The fourth-order valence-corrected chi connectivity index (χ4v) is 4.52. The van der Waals surface area contributed by atoms with Gasteiger partial charge in [-0.15, -0.1) is 11.6 Å². The van der Waals surface area contributed by atoms with Gasteiger partial charge in [0.1, 0.15) is 0 Å². The molecule has 2 unspecified atom stereocenters. The highest BCUT2D eigenvalue weighted by Crippen LogP contribution is 2.27. The van der Waals surface area contributed by atoms with Crippen LogP contribution in [0.4, 0.5) is 0 Å². The quantitative estimate of drug-likeness (QED) is 0.706. The fraction of sp³-hybridized carbons (Fsp3) is 1.00.